The van der Waals surface area contributed by atoms with Crippen LogP contribution in [0, 0.1) is 23.7 Å². The third-order valence-electron chi connectivity index (χ3n) is 9.32. The van der Waals surface area contributed by atoms with E-state index in [1.54, 1.807) is 19.1 Å². The molecule has 42 heavy (non-hydrogen) atoms. The molecule has 5 rings (SSSR count). The third-order valence-corrected chi connectivity index (χ3v) is 9.32. The Morgan fingerprint density at radius 1 is 1.05 bits per heavy atom. The number of Topliss-reactive ketones (excluding diaryl/α,β-unsaturated/α-hetero) is 4. The van der Waals surface area contributed by atoms with Crippen molar-refractivity contribution in [2.75, 3.05) is 20.6 Å². The summed E-state index contributed by atoms with van der Waals surface area (Å²) in [4.78, 5) is 68.2. The van der Waals surface area contributed by atoms with Crippen molar-refractivity contribution < 1.29 is 39.3 Å². The molecule has 1 amide bonds. The van der Waals surface area contributed by atoms with E-state index in [0.717, 1.165) is 12.0 Å². The lowest BCUT2D eigenvalue weighted by Crippen LogP contribution is -2.77. The minimum absolute atomic E-state index is 0.108. The fourth-order valence-corrected chi connectivity index (χ4v) is 7.28. The van der Waals surface area contributed by atoms with Crippen molar-refractivity contribution in [3.8, 4) is 5.75 Å². The van der Waals surface area contributed by atoms with Crippen LogP contribution < -0.4 is 11.1 Å². The number of phenolic OH excluding ortho intramolecular Hbond substituents is 1. The van der Waals surface area contributed by atoms with Crippen molar-refractivity contribution in [3.63, 3.8) is 0 Å². The fourth-order valence-electron chi connectivity index (χ4n) is 7.28. The number of benzene rings is 2. The van der Waals surface area contributed by atoms with E-state index >= 15 is 0 Å². The Balaban J connectivity index is 1.51. The topological polar surface area (TPSA) is 187 Å². The van der Waals surface area contributed by atoms with E-state index in [4.69, 9.17) is 5.73 Å². The number of nitrogens with zero attached hydrogens (tertiary/aromatic N) is 1. The number of hydrogen-bond donors (Lipinski definition) is 5. The number of aliphatic hydroxyl groups excluding tert-OH is 1. The minimum Gasteiger partial charge on any atom is -0.507 e. The molecule has 11 heteroatoms. The molecule has 3 aliphatic carbocycles. The number of carbonyl (C=O) groups excluding carboxylic acids is 5. The van der Waals surface area contributed by atoms with Crippen LogP contribution in [0.2, 0.25) is 0 Å². The van der Waals surface area contributed by atoms with E-state index in [2.05, 4.69) is 5.32 Å². The normalized spacial score (nSPS) is 32.4. The Labute approximate surface area is 242 Å². The number of aliphatic hydroxyl groups is 2. The quantitative estimate of drug-likeness (QED) is 0.217. The number of likely N-dealkylation sites (N-methyl/N-ethyl adjacent to an activating group) is 1. The summed E-state index contributed by atoms with van der Waals surface area (Å²) >= 11 is 0. The van der Waals surface area contributed by atoms with Gasteiger partial charge in [0.05, 0.1) is 29.5 Å². The fraction of sp³-hybridized carbons (Fsp3) is 0.452. The minimum atomic E-state index is -3.01. The molecule has 222 valence electrons. The van der Waals surface area contributed by atoms with E-state index in [1.165, 1.54) is 19.0 Å². The number of hydrogen-bond acceptors (Lipinski definition) is 10. The molecule has 11 nitrogen and oxygen atoms in total. The average molecular weight is 578 g/mol. The molecule has 0 aliphatic heterocycles. The van der Waals surface area contributed by atoms with Crippen LogP contribution in [0.15, 0.2) is 42.5 Å². The van der Waals surface area contributed by atoms with Crippen molar-refractivity contribution in [2.24, 2.45) is 29.4 Å². The summed E-state index contributed by atoms with van der Waals surface area (Å²) in [6.07, 6.45) is -0.907. The van der Waals surface area contributed by atoms with Gasteiger partial charge in [0.1, 0.15) is 5.75 Å². The molecular formula is C31H35N3O8. The van der Waals surface area contributed by atoms with Gasteiger partial charge in [-0.1, -0.05) is 49.4 Å². The summed E-state index contributed by atoms with van der Waals surface area (Å²) in [6, 6.07) is 11.8. The van der Waals surface area contributed by atoms with Crippen LogP contribution in [0.1, 0.15) is 39.9 Å². The van der Waals surface area contributed by atoms with Crippen molar-refractivity contribution in [1.82, 2.24) is 10.2 Å². The van der Waals surface area contributed by atoms with Crippen LogP contribution in [0.3, 0.4) is 0 Å². The number of phenols is 1. The monoisotopic (exact) mass is 577 g/mol. The van der Waals surface area contributed by atoms with Crippen molar-refractivity contribution in [3.05, 3.63) is 64.7 Å². The second-order valence-corrected chi connectivity index (χ2v) is 11.8. The highest BCUT2D eigenvalue weighted by Crippen LogP contribution is 2.54. The number of nitrogens with one attached hydrogen (secondary N) is 1. The van der Waals surface area contributed by atoms with Crippen LogP contribution in [0.5, 0.6) is 5.75 Å². The second-order valence-electron chi connectivity index (χ2n) is 11.8. The Bertz CT molecular complexity index is 1470. The molecule has 2 aromatic carbocycles. The Morgan fingerprint density at radius 3 is 2.33 bits per heavy atom. The predicted molar refractivity (Wildman–Crippen MR) is 149 cm³/mol. The largest absolute Gasteiger partial charge is 0.507 e. The zero-order valence-corrected chi connectivity index (χ0v) is 23.6. The summed E-state index contributed by atoms with van der Waals surface area (Å²) in [6.45, 7) is 2.52. The van der Waals surface area contributed by atoms with Crippen LogP contribution >= 0.6 is 0 Å². The molecule has 6 N–H and O–H groups in total. The van der Waals surface area contributed by atoms with Crippen molar-refractivity contribution >= 4 is 29.0 Å². The molecule has 0 aromatic heterocycles. The van der Waals surface area contributed by atoms with E-state index in [1.807, 2.05) is 30.3 Å². The van der Waals surface area contributed by atoms with Crippen LogP contribution in [-0.4, -0.2) is 87.6 Å². The van der Waals surface area contributed by atoms with Gasteiger partial charge in [0.25, 0.3) is 0 Å². The van der Waals surface area contributed by atoms with Gasteiger partial charge in [0.2, 0.25) is 5.91 Å². The molecule has 0 bridgehead atoms. The van der Waals surface area contributed by atoms with E-state index in [-0.39, 0.29) is 17.9 Å². The molecule has 0 heterocycles. The summed E-state index contributed by atoms with van der Waals surface area (Å²) < 4.78 is 0. The molecule has 0 radical (unpaired) electrons. The molecule has 2 saturated carbocycles. The van der Waals surface area contributed by atoms with Gasteiger partial charge in [-0.2, -0.15) is 0 Å². The number of nitrogens with two attached hydrogens (primary N) is 1. The van der Waals surface area contributed by atoms with Gasteiger partial charge in [-0.05, 0) is 44.1 Å². The highest BCUT2D eigenvalue weighted by atomic mass is 16.3. The lowest BCUT2D eigenvalue weighted by molar-refractivity contribution is -0.196. The Hall–Kier alpha value is -3.77. The Morgan fingerprint density at radius 2 is 1.71 bits per heavy atom. The highest BCUT2D eigenvalue weighted by molar-refractivity contribution is 6.32. The number of aromatic hydroxyl groups is 1. The van der Waals surface area contributed by atoms with E-state index in [0.29, 0.717) is 17.7 Å². The molecule has 2 fully saturated rings. The van der Waals surface area contributed by atoms with Gasteiger partial charge in [0, 0.05) is 18.0 Å². The summed E-state index contributed by atoms with van der Waals surface area (Å²) in [5.74, 6) is -13.2. The summed E-state index contributed by atoms with van der Waals surface area (Å²) in [5, 5.41) is 37.8. The zero-order chi connectivity index (χ0) is 30.7. The smallest absolute Gasteiger partial charge is 0.235 e. The molecule has 8 unspecified atom stereocenters. The van der Waals surface area contributed by atoms with E-state index < -0.39 is 76.4 Å². The van der Waals surface area contributed by atoms with Crippen LogP contribution in [0.25, 0.3) is 0 Å². The highest BCUT2D eigenvalue weighted by Gasteiger charge is 2.72. The van der Waals surface area contributed by atoms with Crippen molar-refractivity contribution in [2.45, 2.75) is 43.6 Å². The first-order valence-corrected chi connectivity index (χ1v) is 14.0. The Kier molecular flexibility index (Phi) is 7.65. The van der Waals surface area contributed by atoms with Crippen LogP contribution in [-0.2, 0) is 32.1 Å². The first kappa shape index (κ1) is 29.7. The summed E-state index contributed by atoms with van der Waals surface area (Å²) in [5.41, 5.74) is 4.19. The molecule has 3 aliphatic rings. The van der Waals surface area contributed by atoms with Crippen LogP contribution in [0.4, 0.5) is 0 Å². The maximum atomic E-state index is 14.0. The number of fused-ring (bicyclic) bond motifs is 3. The molecule has 2 aromatic rings. The van der Waals surface area contributed by atoms with Crippen molar-refractivity contribution in [1.29, 1.82) is 0 Å². The van der Waals surface area contributed by atoms with Gasteiger partial charge in [-0.25, -0.2) is 0 Å². The zero-order valence-electron chi connectivity index (χ0n) is 23.6. The molecule has 0 spiro atoms. The first-order valence-electron chi connectivity index (χ1n) is 14.0. The maximum Gasteiger partial charge on any atom is 0.235 e. The standard InChI is InChI=1S/C31H35N3O8/c1-14-17-10-9-16(13-33-12-11-15-7-5-4-6-8-15)24(35)19(17)25(36)20-18(14)26(37)22-23(34(2)3)27(38)21(30(32)41)29(40)31(22,42)28(20)39/h4-10,14,18,20-23,26,33,35,37,42H,11-13H2,1-3H3,(H2,32,41). The lowest BCUT2D eigenvalue weighted by Gasteiger charge is -2.56. The number of primary amides is 1. The van der Waals surface area contributed by atoms with Gasteiger partial charge in [-0.3, -0.25) is 28.9 Å². The number of rotatable bonds is 7. The van der Waals surface area contributed by atoms with Gasteiger partial charge >= 0.3 is 0 Å². The third kappa shape index (κ3) is 4.30. The number of amides is 1. The first-order chi connectivity index (χ1) is 19.8. The predicted octanol–water partition coefficient (Wildman–Crippen LogP) is -0.269. The SMILES string of the molecule is CC1c2ccc(CNCCc3ccccc3)c(O)c2C(=O)C2C(=O)C3(O)C(=O)C(C(N)=O)C(=O)C(N(C)C)C3C(O)C21. The molecule has 8 atom stereocenters. The lowest BCUT2D eigenvalue weighted by atomic mass is 9.49. The summed E-state index contributed by atoms with van der Waals surface area (Å²) in [7, 11) is 2.91. The number of carbonyl (C=O) groups is 5. The average Bonchev–Trinajstić information content (AvgIpc) is 2.94. The van der Waals surface area contributed by atoms with E-state index in [9.17, 15) is 39.3 Å². The van der Waals surface area contributed by atoms with Gasteiger partial charge in [0.15, 0.2) is 34.7 Å². The molecular weight excluding hydrogens is 542 g/mol. The number of ketones is 4. The van der Waals surface area contributed by atoms with Gasteiger partial charge in [-0.15, -0.1) is 0 Å². The molecule has 0 saturated heterocycles. The maximum absolute atomic E-state index is 14.0. The van der Waals surface area contributed by atoms with Gasteiger partial charge < -0.3 is 26.4 Å². The second kappa shape index (κ2) is 10.8.